The van der Waals surface area contributed by atoms with Crippen LogP contribution in [0.4, 0.5) is 0 Å². The molecule has 0 spiro atoms. The minimum atomic E-state index is -0.627. The molecular weight excluding hydrogens is 286 g/mol. The summed E-state index contributed by atoms with van der Waals surface area (Å²) < 4.78 is 0. The maximum atomic E-state index is 12.1. The normalized spacial score (nSPS) is 19.2. The van der Waals surface area contributed by atoms with Gasteiger partial charge in [0.15, 0.2) is 11.6 Å². The number of carbonyl (C=O) groups excluding carboxylic acids is 2. The van der Waals surface area contributed by atoms with Crippen LogP contribution < -0.4 is 0 Å². The second-order valence-corrected chi connectivity index (χ2v) is 7.54. The number of carbonyl (C=O) groups is 2. The first-order valence-electron chi connectivity index (χ1n) is 7.54. The van der Waals surface area contributed by atoms with Gasteiger partial charge in [0.1, 0.15) is 11.1 Å². The SMILES string of the molecule is CCCCCc1nc(SC2C(=O)CC(C)(C)CC2=O)n[nH]1. The van der Waals surface area contributed by atoms with Crippen molar-refractivity contribution in [2.45, 2.75) is 69.7 Å². The summed E-state index contributed by atoms with van der Waals surface area (Å²) in [5, 5.41) is 6.89. The lowest BCUT2D eigenvalue weighted by Gasteiger charge is -2.31. The average Bonchev–Trinajstić information content (AvgIpc) is 2.81. The molecule has 116 valence electrons. The Bertz CT molecular complexity index is 505. The third kappa shape index (κ3) is 4.40. The molecule has 6 heteroatoms. The van der Waals surface area contributed by atoms with Crippen molar-refractivity contribution in [1.29, 1.82) is 0 Å². The van der Waals surface area contributed by atoms with Crippen molar-refractivity contribution in [2.75, 3.05) is 0 Å². The summed E-state index contributed by atoms with van der Waals surface area (Å²) in [4.78, 5) is 28.6. The van der Waals surface area contributed by atoms with Crippen LogP contribution in [0.1, 0.15) is 58.7 Å². The van der Waals surface area contributed by atoms with Crippen LogP contribution in [0.15, 0.2) is 5.16 Å². The van der Waals surface area contributed by atoms with Crippen molar-refractivity contribution >= 4 is 23.3 Å². The van der Waals surface area contributed by atoms with E-state index in [9.17, 15) is 9.59 Å². The van der Waals surface area contributed by atoms with Crippen LogP contribution in [0.5, 0.6) is 0 Å². The average molecular weight is 309 g/mol. The summed E-state index contributed by atoms with van der Waals surface area (Å²) in [5.74, 6) is 0.833. The van der Waals surface area contributed by atoms with Crippen LogP contribution in [-0.2, 0) is 16.0 Å². The zero-order valence-electron chi connectivity index (χ0n) is 12.9. The Kier molecular flexibility index (Phi) is 5.19. The summed E-state index contributed by atoms with van der Waals surface area (Å²) >= 11 is 1.19. The molecule has 0 aliphatic heterocycles. The number of hydrogen-bond acceptors (Lipinski definition) is 5. The van der Waals surface area contributed by atoms with E-state index in [2.05, 4.69) is 22.1 Å². The van der Waals surface area contributed by atoms with Crippen molar-refractivity contribution in [2.24, 2.45) is 5.41 Å². The number of unbranched alkanes of at least 4 members (excludes halogenated alkanes) is 2. The van der Waals surface area contributed by atoms with E-state index < -0.39 is 5.25 Å². The molecule has 0 bridgehead atoms. The first-order valence-corrected chi connectivity index (χ1v) is 8.42. The highest BCUT2D eigenvalue weighted by Gasteiger charge is 2.40. The van der Waals surface area contributed by atoms with Gasteiger partial charge < -0.3 is 0 Å². The summed E-state index contributed by atoms with van der Waals surface area (Å²) in [6.07, 6.45) is 5.16. The number of Topliss-reactive ketones (excluding diaryl/α,β-unsaturated/α-hetero) is 2. The predicted molar refractivity (Wildman–Crippen MR) is 82.3 cm³/mol. The molecule has 0 atom stereocenters. The molecule has 1 fully saturated rings. The lowest BCUT2D eigenvalue weighted by molar-refractivity contribution is -0.132. The second kappa shape index (κ2) is 6.73. The van der Waals surface area contributed by atoms with Crippen molar-refractivity contribution in [3.8, 4) is 0 Å². The standard InChI is InChI=1S/C15H23N3O2S/c1-4-5-6-7-12-16-14(18-17-12)21-13-10(19)8-15(2,3)9-11(13)20/h13H,4-9H2,1-3H3,(H,16,17,18). The van der Waals surface area contributed by atoms with Crippen LogP contribution in [0, 0.1) is 5.41 Å². The van der Waals surface area contributed by atoms with Crippen molar-refractivity contribution in [1.82, 2.24) is 15.2 Å². The number of H-pyrrole nitrogens is 1. The minimum Gasteiger partial charge on any atom is -0.298 e. The maximum absolute atomic E-state index is 12.1. The van der Waals surface area contributed by atoms with Gasteiger partial charge in [0.2, 0.25) is 5.16 Å². The van der Waals surface area contributed by atoms with Crippen LogP contribution in [-0.4, -0.2) is 32.0 Å². The van der Waals surface area contributed by atoms with Gasteiger partial charge in [-0.05, 0) is 11.8 Å². The molecular formula is C15H23N3O2S. The topological polar surface area (TPSA) is 75.7 Å². The van der Waals surface area contributed by atoms with E-state index >= 15 is 0 Å². The number of thioether (sulfide) groups is 1. The number of ketones is 2. The van der Waals surface area contributed by atoms with E-state index in [0.717, 1.165) is 31.5 Å². The van der Waals surface area contributed by atoms with Gasteiger partial charge in [0, 0.05) is 19.3 Å². The fourth-order valence-corrected chi connectivity index (χ4v) is 3.49. The lowest BCUT2D eigenvalue weighted by atomic mass is 9.76. The molecule has 0 aromatic carbocycles. The Morgan fingerprint density at radius 3 is 2.52 bits per heavy atom. The van der Waals surface area contributed by atoms with Gasteiger partial charge in [0.25, 0.3) is 0 Å². The number of aromatic nitrogens is 3. The van der Waals surface area contributed by atoms with E-state index in [1.165, 1.54) is 11.8 Å². The molecule has 0 radical (unpaired) electrons. The number of hydrogen-bond donors (Lipinski definition) is 1. The zero-order chi connectivity index (χ0) is 15.5. The fourth-order valence-electron chi connectivity index (χ4n) is 2.59. The van der Waals surface area contributed by atoms with Crippen LogP contribution >= 0.6 is 11.8 Å². The van der Waals surface area contributed by atoms with Crippen molar-refractivity contribution in [3.63, 3.8) is 0 Å². The monoisotopic (exact) mass is 309 g/mol. The quantitative estimate of drug-likeness (QED) is 0.646. The molecule has 1 saturated carbocycles. The lowest BCUT2D eigenvalue weighted by Crippen LogP contribution is -2.39. The molecule has 1 heterocycles. The zero-order valence-corrected chi connectivity index (χ0v) is 13.8. The first-order chi connectivity index (χ1) is 9.91. The Morgan fingerprint density at radius 2 is 1.90 bits per heavy atom. The molecule has 1 aliphatic rings. The van der Waals surface area contributed by atoms with Gasteiger partial charge in [-0.3, -0.25) is 14.7 Å². The number of aryl methyl sites for hydroxylation is 1. The molecule has 0 unspecified atom stereocenters. The Balaban J connectivity index is 1.95. The highest BCUT2D eigenvalue weighted by atomic mass is 32.2. The summed E-state index contributed by atoms with van der Waals surface area (Å²) in [6, 6.07) is 0. The van der Waals surface area contributed by atoms with Gasteiger partial charge in [-0.15, -0.1) is 5.10 Å². The highest BCUT2D eigenvalue weighted by molar-refractivity contribution is 8.01. The van der Waals surface area contributed by atoms with Crippen LogP contribution in [0.25, 0.3) is 0 Å². The van der Waals surface area contributed by atoms with Gasteiger partial charge in [-0.2, -0.15) is 0 Å². The molecule has 0 saturated heterocycles. The van der Waals surface area contributed by atoms with Gasteiger partial charge in [-0.1, -0.05) is 45.4 Å². The Hall–Kier alpha value is -1.17. The van der Waals surface area contributed by atoms with Gasteiger partial charge >= 0.3 is 0 Å². The van der Waals surface area contributed by atoms with E-state index in [1.54, 1.807) is 0 Å². The second-order valence-electron chi connectivity index (χ2n) is 6.47. The van der Waals surface area contributed by atoms with Gasteiger partial charge in [0.05, 0.1) is 0 Å². The summed E-state index contributed by atoms with van der Waals surface area (Å²) in [7, 11) is 0. The maximum Gasteiger partial charge on any atom is 0.209 e. The third-order valence-corrected chi connectivity index (χ3v) is 4.80. The van der Waals surface area contributed by atoms with Crippen LogP contribution in [0.2, 0.25) is 0 Å². The largest absolute Gasteiger partial charge is 0.298 e. The minimum absolute atomic E-state index is 0.00131. The third-order valence-electron chi connectivity index (χ3n) is 3.64. The summed E-state index contributed by atoms with van der Waals surface area (Å²) in [5.41, 5.74) is -0.213. The van der Waals surface area contributed by atoms with E-state index in [-0.39, 0.29) is 17.0 Å². The van der Waals surface area contributed by atoms with Crippen LogP contribution in [0.3, 0.4) is 0 Å². The molecule has 1 N–H and O–H groups in total. The van der Waals surface area contributed by atoms with E-state index in [4.69, 9.17) is 0 Å². The molecule has 1 aromatic heterocycles. The summed E-state index contributed by atoms with van der Waals surface area (Å²) in [6.45, 7) is 6.08. The van der Waals surface area contributed by atoms with E-state index in [0.29, 0.717) is 18.0 Å². The van der Waals surface area contributed by atoms with Crippen molar-refractivity contribution < 1.29 is 9.59 Å². The predicted octanol–water partition coefficient (Wildman–Crippen LogP) is 2.96. The molecule has 1 aliphatic carbocycles. The molecule has 1 aromatic rings. The number of nitrogens with one attached hydrogen (secondary N) is 1. The smallest absolute Gasteiger partial charge is 0.209 e. The molecule has 21 heavy (non-hydrogen) atoms. The number of rotatable bonds is 6. The molecule has 5 nitrogen and oxygen atoms in total. The molecule has 2 rings (SSSR count). The fraction of sp³-hybridized carbons (Fsp3) is 0.733. The number of nitrogens with zero attached hydrogens (tertiary/aromatic N) is 2. The molecule has 0 amide bonds. The first kappa shape index (κ1) is 16.2. The Labute approximate surface area is 129 Å². The van der Waals surface area contributed by atoms with Crippen molar-refractivity contribution in [3.05, 3.63) is 5.82 Å². The number of aromatic amines is 1. The van der Waals surface area contributed by atoms with E-state index in [1.807, 2.05) is 13.8 Å². The van der Waals surface area contributed by atoms with Gasteiger partial charge in [-0.25, -0.2) is 4.98 Å². The Morgan fingerprint density at radius 1 is 1.24 bits per heavy atom. The highest BCUT2D eigenvalue weighted by Crippen LogP contribution is 2.37.